The van der Waals surface area contributed by atoms with E-state index in [-0.39, 0.29) is 21.8 Å². The molecule has 0 heterocycles. The fourth-order valence-corrected chi connectivity index (χ4v) is 1.96. The van der Waals surface area contributed by atoms with Crippen molar-refractivity contribution in [2.24, 2.45) is 0 Å². The molecular weight excluding hydrogens is 283 g/mol. The summed E-state index contributed by atoms with van der Waals surface area (Å²) in [4.78, 5) is 11.1. The molecule has 102 valence electrons. The van der Waals surface area contributed by atoms with Gasteiger partial charge in [0, 0.05) is 0 Å². The van der Waals surface area contributed by atoms with Crippen molar-refractivity contribution < 1.29 is 27.4 Å². The van der Waals surface area contributed by atoms with E-state index in [0.29, 0.717) is 0 Å². The zero-order valence-corrected chi connectivity index (χ0v) is 10.7. The minimum atomic E-state index is -4.53. The highest BCUT2D eigenvalue weighted by Gasteiger charge is 2.32. The van der Waals surface area contributed by atoms with E-state index in [1.54, 1.807) is 6.07 Å². The average Bonchev–Trinajstić information content (AvgIpc) is 2.35. The number of ether oxygens (including phenoxy) is 2. The summed E-state index contributed by atoms with van der Waals surface area (Å²) in [6.45, 7) is 0. The van der Waals surface area contributed by atoms with Crippen LogP contribution in [0.1, 0.15) is 15.9 Å². The Morgan fingerprint density at radius 1 is 1.37 bits per heavy atom. The van der Waals surface area contributed by atoms with E-state index in [1.165, 1.54) is 7.11 Å². The van der Waals surface area contributed by atoms with E-state index >= 15 is 0 Å². The van der Waals surface area contributed by atoms with Gasteiger partial charge in [-0.2, -0.15) is 18.4 Å². The molecule has 0 aromatic heterocycles. The minimum absolute atomic E-state index is 0.116. The molecule has 0 aliphatic carbocycles. The molecule has 0 atom stereocenters. The molecule has 1 aromatic rings. The van der Waals surface area contributed by atoms with Gasteiger partial charge >= 0.3 is 11.5 Å². The van der Waals surface area contributed by atoms with Crippen molar-refractivity contribution in [3.63, 3.8) is 0 Å². The number of carbonyl (C=O) groups is 1. The fraction of sp³-hybridized carbons (Fsp3) is 0.273. The Kier molecular flexibility index (Phi) is 4.67. The molecule has 0 amide bonds. The number of hydrogen-bond donors (Lipinski definition) is 0. The largest absolute Gasteiger partial charge is 0.496 e. The van der Waals surface area contributed by atoms with Gasteiger partial charge in [-0.3, -0.25) is 0 Å². The van der Waals surface area contributed by atoms with Crippen LogP contribution in [0.15, 0.2) is 17.0 Å². The van der Waals surface area contributed by atoms with Crippen LogP contribution in [0.5, 0.6) is 5.75 Å². The maximum absolute atomic E-state index is 12.4. The molecule has 0 aliphatic rings. The molecule has 0 spiro atoms. The van der Waals surface area contributed by atoms with E-state index in [0.717, 1.165) is 19.2 Å². The smallest absolute Gasteiger partial charge is 0.446 e. The van der Waals surface area contributed by atoms with Gasteiger partial charge in [0.05, 0.1) is 30.2 Å². The number of thioether (sulfide) groups is 1. The number of methoxy groups -OCH3 is 2. The van der Waals surface area contributed by atoms with Gasteiger partial charge in [0.15, 0.2) is 0 Å². The molecule has 0 N–H and O–H groups in total. The first-order chi connectivity index (χ1) is 8.82. The Morgan fingerprint density at radius 3 is 2.42 bits per heavy atom. The van der Waals surface area contributed by atoms with Crippen LogP contribution in [0, 0.1) is 11.3 Å². The Hall–Kier alpha value is -1.88. The third-order valence-electron chi connectivity index (χ3n) is 2.06. The van der Waals surface area contributed by atoms with Crippen molar-refractivity contribution in [1.82, 2.24) is 0 Å². The maximum Gasteiger partial charge on any atom is 0.446 e. The summed E-state index contributed by atoms with van der Waals surface area (Å²) in [6, 6.07) is 3.71. The van der Waals surface area contributed by atoms with Crippen LogP contribution in [0.3, 0.4) is 0 Å². The number of carbonyl (C=O) groups excluding carboxylic acids is 1. The highest BCUT2D eigenvalue weighted by Crippen LogP contribution is 2.42. The second kappa shape index (κ2) is 5.84. The third-order valence-corrected chi connectivity index (χ3v) is 2.83. The molecule has 4 nitrogen and oxygen atoms in total. The Balaban J connectivity index is 3.38. The molecule has 0 bridgehead atoms. The van der Waals surface area contributed by atoms with Crippen LogP contribution < -0.4 is 4.74 Å². The number of halogens is 3. The van der Waals surface area contributed by atoms with E-state index in [2.05, 4.69) is 4.74 Å². The van der Waals surface area contributed by atoms with Gasteiger partial charge in [0.2, 0.25) is 0 Å². The summed E-state index contributed by atoms with van der Waals surface area (Å²) in [6.07, 6.45) is 0. The fourth-order valence-electron chi connectivity index (χ4n) is 1.30. The lowest BCUT2D eigenvalue weighted by molar-refractivity contribution is -0.0329. The summed E-state index contributed by atoms with van der Waals surface area (Å²) >= 11 is -0.429. The van der Waals surface area contributed by atoms with Gasteiger partial charge in [-0.15, -0.1) is 0 Å². The number of nitriles is 1. The first-order valence-corrected chi connectivity index (χ1v) is 5.60. The Bertz CT molecular complexity index is 537. The molecule has 0 saturated carbocycles. The quantitative estimate of drug-likeness (QED) is 0.633. The van der Waals surface area contributed by atoms with Gasteiger partial charge in [-0.1, -0.05) is 0 Å². The molecule has 0 unspecified atom stereocenters. The summed E-state index contributed by atoms with van der Waals surface area (Å²) < 4.78 is 46.3. The highest BCUT2D eigenvalue weighted by molar-refractivity contribution is 8.00. The molecule has 0 aliphatic heterocycles. The van der Waals surface area contributed by atoms with E-state index < -0.39 is 23.2 Å². The van der Waals surface area contributed by atoms with Crippen LogP contribution in [0.25, 0.3) is 0 Å². The van der Waals surface area contributed by atoms with E-state index in [4.69, 9.17) is 10.00 Å². The molecule has 1 aromatic carbocycles. The lowest BCUT2D eigenvalue weighted by Gasteiger charge is -2.12. The monoisotopic (exact) mass is 291 g/mol. The van der Waals surface area contributed by atoms with Crippen LogP contribution >= 0.6 is 11.8 Å². The van der Waals surface area contributed by atoms with Crippen molar-refractivity contribution >= 4 is 17.7 Å². The van der Waals surface area contributed by atoms with Crippen molar-refractivity contribution in [1.29, 1.82) is 5.26 Å². The first-order valence-electron chi connectivity index (χ1n) is 4.78. The van der Waals surface area contributed by atoms with Gasteiger partial charge in [-0.05, 0) is 23.9 Å². The predicted molar refractivity (Wildman–Crippen MR) is 61.0 cm³/mol. The van der Waals surface area contributed by atoms with Crippen molar-refractivity contribution in [3.05, 3.63) is 23.3 Å². The van der Waals surface area contributed by atoms with Crippen LogP contribution in [0.4, 0.5) is 13.2 Å². The summed E-state index contributed by atoms with van der Waals surface area (Å²) in [5.41, 5.74) is -4.89. The Labute approximate surface area is 111 Å². The number of hydrogen-bond acceptors (Lipinski definition) is 5. The summed E-state index contributed by atoms with van der Waals surface area (Å²) in [5.74, 6) is -1.02. The van der Waals surface area contributed by atoms with Gasteiger partial charge in [-0.25, -0.2) is 4.79 Å². The standard InChI is InChI=1S/C11H8F3NO3S/c1-17-8-3-6(5-15)7(10(16)18-2)4-9(8)19-11(12,13)14/h3-4H,1-2H3. The average molecular weight is 291 g/mol. The molecule has 19 heavy (non-hydrogen) atoms. The number of nitrogens with zero attached hydrogens (tertiary/aromatic N) is 1. The Morgan fingerprint density at radius 2 is 2.00 bits per heavy atom. The SMILES string of the molecule is COC(=O)c1cc(SC(F)(F)F)c(OC)cc1C#N. The topological polar surface area (TPSA) is 59.3 Å². The number of benzene rings is 1. The van der Waals surface area contributed by atoms with E-state index in [9.17, 15) is 18.0 Å². The highest BCUT2D eigenvalue weighted by atomic mass is 32.2. The second-order valence-electron chi connectivity index (χ2n) is 3.20. The normalized spacial score (nSPS) is 10.7. The van der Waals surface area contributed by atoms with Gasteiger partial charge < -0.3 is 9.47 Å². The zero-order chi connectivity index (χ0) is 14.6. The maximum atomic E-state index is 12.4. The molecule has 8 heteroatoms. The molecular formula is C11H8F3NO3S. The minimum Gasteiger partial charge on any atom is -0.496 e. The lowest BCUT2D eigenvalue weighted by Crippen LogP contribution is -2.07. The molecule has 1 rings (SSSR count). The van der Waals surface area contributed by atoms with Gasteiger partial charge in [0.1, 0.15) is 11.8 Å². The lowest BCUT2D eigenvalue weighted by atomic mass is 10.1. The van der Waals surface area contributed by atoms with Crippen LogP contribution in [-0.2, 0) is 4.74 Å². The van der Waals surface area contributed by atoms with Crippen LogP contribution in [0.2, 0.25) is 0 Å². The number of rotatable bonds is 3. The summed E-state index contributed by atoms with van der Waals surface area (Å²) in [5, 5.41) is 8.86. The molecule has 0 saturated heterocycles. The molecule has 0 radical (unpaired) electrons. The third kappa shape index (κ3) is 3.79. The second-order valence-corrected chi connectivity index (χ2v) is 4.31. The number of esters is 1. The first kappa shape index (κ1) is 15.2. The van der Waals surface area contributed by atoms with Crippen molar-refractivity contribution in [2.45, 2.75) is 10.4 Å². The van der Waals surface area contributed by atoms with E-state index in [1.807, 2.05) is 0 Å². The molecule has 0 fully saturated rings. The predicted octanol–water partition coefficient (Wildman–Crippen LogP) is 2.97. The van der Waals surface area contributed by atoms with Gasteiger partial charge in [0.25, 0.3) is 0 Å². The van der Waals surface area contributed by atoms with Crippen molar-refractivity contribution in [2.75, 3.05) is 14.2 Å². The zero-order valence-electron chi connectivity index (χ0n) is 9.87. The summed E-state index contributed by atoms with van der Waals surface area (Å²) in [7, 11) is 2.25. The number of alkyl halides is 3. The van der Waals surface area contributed by atoms with Crippen LogP contribution in [-0.4, -0.2) is 25.7 Å². The van der Waals surface area contributed by atoms with Crippen molar-refractivity contribution in [3.8, 4) is 11.8 Å².